The van der Waals surface area contributed by atoms with E-state index in [1.165, 1.54) is 5.56 Å². The van der Waals surface area contributed by atoms with Crippen molar-refractivity contribution < 1.29 is 4.79 Å². The summed E-state index contributed by atoms with van der Waals surface area (Å²) in [7, 11) is 1.96. The second-order valence-electron chi connectivity index (χ2n) is 7.75. The number of anilines is 2. The Labute approximate surface area is 156 Å². The Kier molecular flexibility index (Phi) is 6.35. The van der Waals surface area contributed by atoms with Crippen LogP contribution in [0.2, 0.25) is 0 Å². The molecule has 1 aromatic heterocycles. The monoisotopic (exact) mass is 354 g/mol. The number of unbranched alkanes of at least 4 members (excludes halogenated alkanes) is 1. The molecule has 2 rings (SSSR count). The molecule has 0 aliphatic rings. The minimum atomic E-state index is -0.218. The molecule has 0 saturated carbocycles. The van der Waals surface area contributed by atoms with Crippen molar-refractivity contribution in [2.45, 2.75) is 52.9 Å². The molecule has 26 heavy (non-hydrogen) atoms. The van der Waals surface area contributed by atoms with Crippen molar-refractivity contribution in [2.24, 2.45) is 0 Å². The van der Waals surface area contributed by atoms with Crippen LogP contribution in [0, 0.1) is 6.92 Å². The molecule has 0 saturated heterocycles. The third-order valence-corrected chi connectivity index (χ3v) is 4.27. The first-order valence-corrected chi connectivity index (χ1v) is 9.19. The number of rotatable bonds is 6. The van der Waals surface area contributed by atoms with Gasteiger partial charge in [-0.05, 0) is 42.5 Å². The molecule has 0 unspecified atom stereocenters. The first-order chi connectivity index (χ1) is 12.2. The fraction of sp³-hybridized carbons (Fsp3) is 0.476. The molecule has 1 N–H and O–H groups in total. The molecule has 1 heterocycles. The molecule has 140 valence electrons. The summed E-state index contributed by atoms with van der Waals surface area (Å²) in [5.41, 5.74) is 3.25. The molecule has 0 aliphatic carbocycles. The summed E-state index contributed by atoms with van der Waals surface area (Å²) in [6.45, 7) is 11.4. The number of hydrogen-bond acceptors (Lipinski definition) is 4. The van der Waals surface area contributed by atoms with Gasteiger partial charge < -0.3 is 10.2 Å². The molecule has 5 nitrogen and oxygen atoms in total. The second kappa shape index (κ2) is 8.30. The van der Waals surface area contributed by atoms with Crippen LogP contribution in [0.5, 0.6) is 0 Å². The van der Waals surface area contributed by atoms with Crippen LogP contribution in [0.3, 0.4) is 0 Å². The minimum Gasteiger partial charge on any atom is -0.344 e. The van der Waals surface area contributed by atoms with Crippen molar-refractivity contribution >= 4 is 17.5 Å². The van der Waals surface area contributed by atoms with Gasteiger partial charge in [0.2, 0.25) is 5.95 Å². The van der Waals surface area contributed by atoms with Crippen LogP contribution in [0.25, 0.3) is 0 Å². The highest BCUT2D eigenvalue weighted by atomic mass is 16.1. The zero-order valence-corrected chi connectivity index (χ0v) is 16.8. The van der Waals surface area contributed by atoms with E-state index in [1.807, 2.05) is 43.1 Å². The van der Waals surface area contributed by atoms with Crippen LogP contribution in [0.1, 0.15) is 62.3 Å². The lowest BCUT2D eigenvalue weighted by Crippen LogP contribution is -2.23. The predicted molar refractivity (Wildman–Crippen MR) is 108 cm³/mol. The van der Waals surface area contributed by atoms with E-state index in [9.17, 15) is 4.79 Å². The molecule has 0 spiro atoms. The molecule has 0 radical (unpaired) electrons. The van der Waals surface area contributed by atoms with Gasteiger partial charge in [-0.3, -0.25) is 4.79 Å². The molecule has 2 aromatic rings. The van der Waals surface area contributed by atoms with E-state index in [4.69, 9.17) is 0 Å². The average molecular weight is 354 g/mol. The average Bonchev–Trinajstić information content (AvgIpc) is 2.58. The summed E-state index contributed by atoms with van der Waals surface area (Å²) < 4.78 is 0. The molecule has 1 aromatic carbocycles. The van der Waals surface area contributed by atoms with Crippen molar-refractivity contribution in [3.05, 3.63) is 47.3 Å². The SMILES string of the molecule is CCCCN(C)c1nc(C)cc(C(=O)Nc2ccc(C(C)(C)C)cc2)n1. The highest BCUT2D eigenvalue weighted by Crippen LogP contribution is 2.23. The Morgan fingerprint density at radius 3 is 2.38 bits per heavy atom. The largest absolute Gasteiger partial charge is 0.344 e. The van der Waals surface area contributed by atoms with Crippen LogP contribution in [0.15, 0.2) is 30.3 Å². The van der Waals surface area contributed by atoms with E-state index in [1.54, 1.807) is 6.07 Å². The van der Waals surface area contributed by atoms with E-state index in [0.29, 0.717) is 11.6 Å². The summed E-state index contributed by atoms with van der Waals surface area (Å²) >= 11 is 0. The number of nitrogens with zero attached hydrogens (tertiary/aromatic N) is 3. The van der Waals surface area contributed by atoms with Gasteiger partial charge in [-0.25, -0.2) is 9.97 Å². The van der Waals surface area contributed by atoms with E-state index in [0.717, 1.165) is 30.8 Å². The summed E-state index contributed by atoms with van der Waals surface area (Å²) in [4.78, 5) is 23.5. The van der Waals surface area contributed by atoms with Crippen molar-refractivity contribution in [1.82, 2.24) is 9.97 Å². The molecule has 1 amide bonds. The molecular formula is C21H30N4O. The van der Waals surface area contributed by atoms with Gasteiger partial charge in [-0.1, -0.05) is 46.2 Å². The molecular weight excluding hydrogens is 324 g/mol. The molecule has 0 atom stereocenters. The lowest BCUT2D eigenvalue weighted by molar-refractivity contribution is 0.102. The molecule has 5 heteroatoms. The van der Waals surface area contributed by atoms with E-state index in [-0.39, 0.29) is 11.3 Å². The number of hydrogen-bond donors (Lipinski definition) is 1. The highest BCUT2D eigenvalue weighted by molar-refractivity contribution is 6.03. The summed E-state index contributed by atoms with van der Waals surface area (Å²) in [5.74, 6) is 0.371. The number of carbonyl (C=O) groups is 1. The zero-order chi connectivity index (χ0) is 19.3. The van der Waals surface area contributed by atoms with Crippen LogP contribution in [-0.4, -0.2) is 29.5 Å². The van der Waals surface area contributed by atoms with Gasteiger partial charge in [-0.15, -0.1) is 0 Å². The normalized spacial score (nSPS) is 11.3. The fourth-order valence-electron chi connectivity index (χ4n) is 2.58. The Morgan fingerprint density at radius 1 is 1.15 bits per heavy atom. The zero-order valence-electron chi connectivity index (χ0n) is 16.8. The molecule has 0 fully saturated rings. The van der Waals surface area contributed by atoms with Gasteiger partial charge in [0.25, 0.3) is 5.91 Å². The van der Waals surface area contributed by atoms with Crippen molar-refractivity contribution in [1.29, 1.82) is 0 Å². The number of aromatic nitrogens is 2. The van der Waals surface area contributed by atoms with Crippen molar-refractivity contribution in [3.8, 4) is 0 Å². The lowest BCUT2D eigenvalue weighted by Gasteiger charge is -2.19. The Hall–Kier alpha value is -2.43. The first-order valence-electron chi connectivity index (χ1n) is 9.19. The molecule has 0 aliphatic heterocycles. The third kappa shape index (κ3) is 5.28. The number of aryl methyl sites for hydroxylation is 1. The van der Waals surface area contributed by atoms with Gasteiger partial charge >= 0.3 is 0 Å². The quantitative estimate of drug-likeness (QED) is 0.825. The minimum absolute atomic E-state index is 0.0876. The summed E-state index contributed by atoms with van der Waals surface area (Å²) in [5, 5.41) is 2.93. The predicted octanol–water partition coefficient (Wildman–Crippen LogP) is 4.57. The van der Waals surface area contributed by atoms with Crippen LogP contribution in [-0.2, 0) is 5.41 Å². The van der Waals surface area contributed by atoms with E-state index < -0.39 is 0 Å². The number of nitrogens with one attached hydrogen (secondary N) is 1. The second-order valence-corrected chi connectivity index (χ2v) is 7.75. The fourth-order valence-corrected chi connectivity index (χ4v) is 2.58. The lowest BCUT2D eigenvalue weighted by atomic mass is 9.87. The maximum atomic E-state index is 12.6. The Bertz CT molecular complexity index is 748. The third-order valence-electron chi connectivity index (χ3n) is 4.27. The van der Waals surface area contributed by atoms with Crippen LogP contribution in [0.4, 0.5) is 11.6 Å². The van der Waals surface area contributed by atoms with Crippen LogP contribution >= 0.6 is 0 Å². The van der Waals surface area contributed by atoms with Crippen molar-refractivity contribution in [2.75, 3.05) is 23.8 Å². The maximum Gasteiger partial charge on any atom is 0.274 e. The van der Waals surface area contributed by atoms with Gasteiger partial charge in [0.15, 0.2) is 0 Å². The number of amides is 1. The standard InChI is InChI=1S/C21H30N4O/c1-7-8-13-25(6)20-22-15(2)14-18(24-20)19(26)23-17-11-9-16(10-12-17)21(3,4)5/h9-12,14H,7-8,13H2,1-6H3,(H,23,26). The summed E-state index contributed by atoms with van der Waals surface area (Å²) in [6.07, 6.45) is 2.17. The first kappa shape index (κ1) is 19.9. The number of carbonyl (C=O) groups excluding carboxylic acids is 1. The van der Waals surface area contributed by atoms with E-state index in [2.05, 4.69) is 43.0 Å². The van der Waals surface area contributed by atoms with Gasteiger partial charge in [-0.2, -0.15) is 0 Å². The maximum absolute atomic E-state index is 12.6. The van der Waals surface area contributed by atoms with Crippen molar-refractivity contribution in [3.63, 3.8) is 0 Å². The highest BCUT2D eigenvalue weighted by Gasteiger charge is 2.15. The Morgan fingerprint density at radius 2 is 1.81 bits per heavy atom. The summed E-state index contributed by atoms with van der Waals surface area (Å²) in [6, 6.07) is 9.67. The topological polar surface area (TPSA) is 58.1 Å². The smallest absolute Gasteiger partial charge is 0.274 e. The number of benzene rings is 1. The van der Waals surface area contributed by atoms with Gasteiger partial charge in [0.05, 0.1) is 0 Å². The van der Waals surface area contributed by atoms with Crippen LogP contribution < -0.4 is 10.2 Å². The van der Waals surface area contributed by atoms with Gasteiger partial charge in [0, 0.05) is 25.0 Å². The van der Waals surface area contributed by atoms with Gasteiger partial charge in [0.1, 0.15) is 5.69 Å². The Balaban J connectivity index is 2.15. The molecule has 0 bridgehead atoms. The van der Waals surface area contributed by atoms with E-state index >= 15 is 0 Å².